The van der Waals surface area contributed by atoms with Gasteiger partial charge in [-0.3, -0.25) is 0 Å². The Hall–Kier alpha value is -0.160. The van der Waals surface area contributed by atoms with Crippen LogP contribution in [0, 0.1) is 10.8 Å². The third-order valence-corrected chi connectivity index (χ3v) is 3.91. The van der Waals surface area contributed by atoms with E-state index in [9.17, 15) is 0 Å². The minimum Gasteiger partial charge on any atom is -0.376 e. The van der Waals surface area contributed by atoms with Gasteiger partial charge in [0.15, 0.2) is 0 Å². The lowest BCUT2D eigenvalue weighted by Crippen LogP contribution is -2.26. The zero-order valence-corrected chi connectivity index (χ0v) is 26.0. The first-order valence-corrected chi connectivity index (χ1v) is 12.9. The summed E-state index contributed by atoms with van der Waals surface area (Å²) < 4.78 is 21.5. The first-order chi connectivity index (χ1) is 14.3. The van der Waals surface area contributed by atoms with Crippen molar-refractivity contribution in [2.75, 3.05) is 20.0 Å². The Labute approximate surface area is 209 Å². The summed E-state index contributed by atoms with van der Waals surface area (Å²) in [6.07, 6.45) is 4.38. The van der Waals surface area contributed by atoms with Gasteiger partial charge in [-0.1, -0.05) is 48.0 Å². The summed E-state index contributed by atoms with van der Waals surface area (Å²) in [6, 6.07) is 0. The Bertz CT molecular complexity index is 377. The minimum atomic E-state index is -0.106. The molecule has 0 spiro atoms. The highest BCUT2D eigenvalue weighted by molar-refractivity contribution is 4.66. The predicted molar refractivity (Wildman–Crippen MR) is 146 cm³/mol. The molecule has 0 aliphatic carbocycles. The fourth-order valence-corrected chi connectivity index (χ4v) is 2.16. The standard InChI is InChI=1S/C11H24.2C9H20O2/c1-10(2,3)8-7-9-11(4,5)6;1-8(2,3)10-7-11-9(4,5)6;1-8(2)10-6-7-11-9(3,4)5/h7-9H2,1-6H3;7H2,1-6H3;8H,6-7H2,1-5H3. The van der Waals surface area contributed by atoms with Gasteiger partial charge in [0.2, 0.25) is 0 Å². The maximum Gasteiger partial charge on any atom is 0.148 e. The molecule has 0 saturated heterocycles. The van der Waals surface area contributed by atoms with Crippen LogP contribution in [0.2, 0.25) is 0 Å². The van der Waals surface area contributed by atoms with Crippen molar-refractivity contribution in [3.05, 3.63) is 0 Å². The van der Waals surface area contributed by atoms with Crippen molar-refractivity contribution in [1.82, 2.24) is 0 Å². The first kappa shape index (κ1) is 37.4. The van der Waals surface area contributed by atoms with Crippen LogP contribution in [0.1, 0.15) is 137 Å². The molecule has 0 N–H and O–H groups in total. The van der Waals surface area contributed by atoms with Gasteiger partial charge in [0, 0.05) is 0 Å². The van der Waals surface area contributed by atoms with Crippen LogP contribution < -0.4 is 0 Å². The quantitative estimate of drug-likeness (QED) is 0.258. The van der Waals surface area contributed by atoms with Crippen molar-refractivity contribution in [3.8, 4) is 0 Å². The summed E-state index contributed by atoms with van der Waals surface area (Å²) in [5.74, 6) is 0. The molecular weight excluding hydrogens is 412 g/mol. The molecule has 0 heterocycles. The fourth-order valence-electron chi connectivity index (χ4n) is 2.16. The van der Waals surface area contributed by atoms with Crippen molar-refractivity contribution in [3.63, 3.8) is 0 Å². The second-order valence-electron chi connectivity index (χ2n) is 14.5. The molecule has 33 heavy (non-hydrogen) atoms. The number of ether oxygens (including phenoxy) is 4. The maximum absolute atomic E-state index is 5.45. The average Bonchev–Trinajstić information content (AvgIpc) is 2.46. The van der Waals surface area contributed by atoms with Crippen molar-refractivity contribution in [1.29, 1.82) is 0 Å². The van der Waals surface area contributed by atoms with Gasteiger partial charge in [-0.25, -0.2) is 0 Å². The van der Waals surface area contributed by atoms with Crippen molar-refractivity contribution in [2.45, 2.75) is 160 Å². The molecule has 0 unspecified atom stereocenters. The Morgan fingerprint density at radius 2 is 0.818 bits per heavy atom. The summed E-state index contributed by atoms with van der Waals surface area (Å²) in [5, 5.41) is 0. The van der Waals surface area contributed by atoms with Crippen molar-refractivity contribution in [2.24, 2.45) is 10.8 Å². The third kappa shape index (κ3) is 49.9. The van der Waals surface area contributed by atoms with Gasteiger partial charge in [-0.2, -0.15) is 0 Å². The van der Waals surface area contributed by atoms with E-state index < -0.39 is 0 Å². The molecule has 0 aromatic heterocycles. The topological polar surface area (TPSA) is 36.9 Å². The van der Waals surface area contributed by atoms with E-state index in [2.05, 4.69) is 41.5 Å². The molecular formula is C29H64O4. The van der Waals surface area contributed by atoms with Crippen LogP contribution in [0.5, 0.6) is 0 Å². The smallest absolute Gasteiger partial charge is 0.148 e. The van der Waals surface area contributed by atoms with Crippen LogP contribution >= 0.6 is 0 Å². The van der Waals surface area contributed by atoms with Crippen LogP contribution in [0.25, 0.3) is 0 Å². The highest BCUT2D eigenvalue weighted by Crippen LogP contribution is 2.27. The SMILES string of the molecule is CC(C)(C)CCCC(C)(C)C.CC(C)(C)OCOC(C)(C)C.CC(C)OCCOC(C)(C)C. The van der Waals surface area contributed by atoms with E-state index in [1.807, 2.05) is 76.2 Å². The number of hydrogen-bond acceptors (Lipinski definition) is 4. The van der Waals surface area contributed by atoms with Gasteiger partial charge in [0.25, 0.3) is 0 Å². The van der Waals surface area contributed by atoms with E-state index in [1.165, 1.54) is 19.3 Å². The van der Waals surface area contributed by atoms with E-state index in [4.69, 9.17) is 18.9 Å². The monoisotopic (exact) mass is 476 g/mol. The van der Waals surface area contributed by atoms with Crippen molar-refractivity contribution >= 4 is 0 Å². The van der Waals surface area contributed by atoms with Gasteiger partial charge < -0.3 is 18.9 Å². The minimum absolute atomic E-state index is 0.0413. The van der Waals surface area contributed by atoms with E-state index in [-0.39, 0.29) is 16.8 Å². The van der Waals surface area contributed by atoms with Crippen LogP contribution in [-0.2, 0) is 18.9 Å². The molecule has 0 amide bonds. The molecule has 0 aliphatic heterocycles. The van der Waals surface area contributed by atoms with Crippen LogP contribution in [0.3, 0.4) is 0 Å². The summed E-state index contributed by atoms with van der Waals surface area (Å²) >= 11 is 0. The lowest BCUT2D eigenvalue weighted by atomic mass is 9.84. The molecule has 0 bridgehead atoms. The Morgan fingerprint density at radius 1 is 0.485 bits per heavy atom. The van der Waals surface area contributed by atoms with Crippen molar-refractivity contribution < 1.29 is 18.9 Å². The molecule has 0 radical (unpaired) electrons. The molecule has 4 heteroatoms. The Kier molecular flexibility index (Phi) is 18.7. The second-order valence-corrected chi connectivity index (χ2v) is 14.5. The normalized spacial score (nSPS) is 13.3. The molecule has 4 nitrogen and oxygen atoms in total. The lowest BCUT2D eigenvalue weighted by Gasteiger charge is -2.24. The summed E-state index contributed by atoms with van der Waals surface area (Å²) in [7, 11) is 0. The van der Waals surface area contributed by atoms with Gasteiger partial charge in [0.05, 0.1) is 36.1 Å². The van der Waals surface area contributed by atoms with Gasteiger partial charge in [0.1, 0.15) is 6.79 Å². The highest BCUT2D eigenvalue weighted by atomic mass is 16.7. The van der Waals surface area contributed by atoms with Gasteiger partial charge in [-0.15, -0.1) is 0 Å². The molecule has 204 valence electrons. The van der Waals surface area contributed by atoms with Gasteiger partial charge >= 0.3 is 0 Å². The number of rotatable bonds is 8. The van der Waals surface area contributed by atoms with E-state index in [0.717, 1.165) is 0 Å². The fraction of sp³-hybridized carbons (Fsp3) is 1.00. The average molecular weight is 477 g/mol. The zero-order valence-electron chi connectivity index (χ0n) is 26.0. The summed E-state index contributed by atoms with van der Waals surface area (Å²) in [5.41, 5.74) is 0.785. The molecule has 0 aromatic rings. The third-order valence-electron chi connectivity index (χ3n) is 3.91. The molecule has 0 saturated carbocycles. The van der Waals surface area contributed by atoms with Crippen LogP contribution in [0.15, 0.2) is 0 Å². The Balaban J connectivity index is -0.000000409. The molecule has 0 aromatic carbocycles. The Morgan fingerprint density at radius 3 is 1.06 bits per heavy atom. The molecule has 0 rings (SSSR count). The molecule has 0 fully saturated rings. The van der Waals surface area contributed by atoms with Crippen LogP contribution in [-0.4, -0.2) is 42.9 Å². The molecule has 0 aliphatic rings. The van der Waals surface area contributed by atoms with Gasteiger partial charge in [-0.05, 0) is 99.8 Å². The lowest BCUT2D eigenvalue weighted by molar-refractivity contribution is -0.163. The largest absolute Gasteiger partial charge is 0.376 e. The summed E-state index contributed by atoms with van der Waals surface area (Å²) in [6.45, 7) is 37.9. The first-order valence-electron chi connectivity index (χ1n) is 12.9. The van der Waals surface area contributed by atoms with E-state index in [1.54, 1.807) is 0 Å². The number of hydrogen-bond donors (Lipinski definition) is 0. The zero-order chi connectivity index (χ0) is 27.1. The molecule has 0 atom stereocenters. The van der Waals surface area contributed by atoms with E-state index >= 15 is 0 Å². The summed E-state index contributed by atoms with van der Waals surface area (Å²) in [4.78, 5) is 0. The highest BCUT2D eigenvalue weighted by Gasteiger charge is 2.15. The second kappa shape index (κ2) is 16.5. The predicted octanol–water partition coefficient (Wildman–Crippen LogP) is 9.05. The van der Waals surface area contributed by atoms with E-state index in [0.29, 0.717) is 36.9 Å². The maximum atomic E-state index is 5.45. The van der Waals surface area contributed by atoms with Crippen LogP contribution in [0.4, 0.5) is 0 Å².